The topological polar surface area (TPSA) is 152 Å². The second kappa shape index (κ2) is 5.37. The smallest absolute Gasteiger partial charge is 0.268 e. The Morgan fingerprint density at radius 3 is 1.56 bits per heavy atom. The third kappa shape index (κ3) is 10.3. The van der Waals surface area contributed by atoms with E-state index in [-0.39, 0.29) is 0 Å². The molecule has 0 atom stereocenters. The third-order valence-electron chi connectivity index (χ3n) is 1.20. The SMILES string of the molecule is O=S(=O)(O)CCOS(=O)(=O)CCS(=O)(=O)O. The molecule has 12 heteroatoms. The molecule has 0 radical (unpaired) electrons. The van der Waals surface area contributed by atoms with Crippen LogP contribution in [0, 0.1) is 0 Å². The summed E-state index contributed by atoms with van der Waals surface area (Å²) in [4.78, 5) is 0. The van der Waals surface area contributed by atoms with Crippen molar-refractivity contribution in [2.24, 2.45) is 0 Å². The van der Waals surface area contributed by atoms with Crippen molar-refractivity contribution in [3.05, 3.63) is 0 Å². The van der Waals surface area contributed by atoms with Crippen LogP contribution in [0.15, 0.2) is 0 Å². The molecule has 0 rings (SSSR count). The van der Waals surface area contributed by atoms with Gasteiger partial charge in [0.05, 0.1) is 18.1 Å². The first-order valence-corrected chi connectivity index (χ1v) is 8.48. The normalized spacial score (nSPS) is 13.9. The van der Waals surface area contributed by atoms with Gasteiger partial charge in [-0.3, -0.25) is 13.3 Å². The van der Waals surface area contributed by atoms with Gasteiger partial charge in [0.1, 0.15) is 5.75 Å². The van der Waals surface area contributed by atoms with E-state index in [0.717, 1.165) is 0 Å². The number of hydrogen-bond acceptors (Lipinski definition) is 7. The average Bonchev–Trinajstić information content (AvgIpc) is 1.97. The van der Waals surface area contributed by atoms with Crippen LogP contribution in [0.5, 0.6) is 0 Å². The molecule has 0 aromatic carbocycles. The summed E-state index contributed by atoms with van der Waals surface area (Å²) in [6, 6.07) is 0. The van der Waals surface area contributed by atoms with Crippen molar-refractivity contribution in [1.29, 1.82) is 0 Å². The van der Waals surface area contributed by atoms with Crippen molar-refractivity contribution < 1.29 is 38.5 Å². The summed E-state index contributed by atoms with van der Waals surface area (Å²) >= 11 is 0. The van der Waals surface area contributed by atoms with E-state index in [1.165, 1.54) is 0 Å². The summed E-state index contributed by atoms with van der Waals surface area (Å²) in [6.07, 6.45) is 0. The van der Waals surface area contributed by atoms with Crippen LogP contribution in [-0.2, 0) is 34.5 Å². The minimum Gasteiger partial charge on any atom is -0.286 e. The third-order valence-corrected chi connectivity index (χ3v) is 4.09. The van der Waals surface area contributed by atoms with Gasteiger partial charge in [-0.25, -0.2) is 0 Å². The molecule has 0 aliphatic heterocycles. The van der Waals surface area contributed by atoms with E-state index in [9.17, 15) is 25.3 Å². The fraction of sp³-hybridized carbons (Fsp3) is 1.00. The molecule has 0 bridgehead atoms. The first kappa shape index (κ1) is 15.7. The lowest BCUT2D eigenvalue weighted by Gasteiger charge is -2.03. The Kier molecular flexibility index (Phi) is 5.28. The van der Waals surface area contributed by atoms with E-state index in [1.807, 2.05) is 0 Å². The second-order valence-electron chi connectivity index (χ2n) is 2.66. The molecule has 0 aliphatic rings. The molecule has 0 aromatic heterocycles. The fourth-order valence-corrected chi connectivity index (χ4v) is 3.05. The Balaban J connectivity index is 4.18. The van der Waals surface area contributed by atoms with E-state index < -0.39 is 54.2 Å². The summed E-state index contributed by atoms with van der Waals surface area (Å²) in [5, 5.41) is 0. The maximum Gasteiger partial charge on any atom is 0.268 e. The molecule has 2 N–H and O–H groups in total. The van der Waals surface area contributed by atoms with Crippen LogP contribution in [0.3, 0.4) is 0 Å². The van der Waals surface area contributed by atoms with Crippen LogP contribution in [0.25, 0.3) is 0 Å². The van der Waals surface area contributed by atoms with Crippen LogP contribution in [0.1, 0.15) is 0 Å². The maximum atomic E-state index is 10.9. The van der Waals surface area contributed by atoms with Crippen LogP contribution in [-0.4, -0.2) is 58.2 Å². The number of rotatable bonds is 7. The predicted octanol–water partition coefficient (Wildman–Crippen LogP) is -1.89. The van der Waals surface area contributed by atoms with Gasteiger partial charge in [0.15, 0.2) is 0 Å². The van der Waals surface area contributed by atoms with Gasteiger partial charge in [-0.05, 0) is 0 Å². The second-order valence-corrected chi connectivity index (χ2v) is 7.56. The Bertz CT molecular complexity index is 509. The molecule has 0 aliphatic carbocycles. The highest BCUT2D eigenvalue weighted by Crippen LogP contribution is 1.96. The van der Waals surface area contributed by atoms with E-state index in [0.29, 0.717) is 0 Å². The molecular formula is C4H10O9S3. The van der Waals surface area contributed by atoms with Gasteiger partial charge >= 0.3 is 0 Å². The minimum absolute atomic E-state index is 0.827. The lowest BCUT2D eigenvalue weighted by atomic mass is 10.9. The van der Waals surface area contributed by atoms with Gasteiger partial charge in [0.2, 0.25) is 0 Å². The Morgan fingerprint density at radius 2 is 1.19 bits per heavy atom. The van der Waals surface area contributed by atoms with Gasteiger partial charge in [-0.2, -0.15) is 25.3 Å². The quantitative estimate of drug-likeness (QED) is 0.405. The minimum atomic E-state index is -4.44. The monoisotopic (exact) mass is 298 g/mol. The first-order chi connectivity index (χ1) is 6.91. The fourth-order valence-electron chi connectivity index (χ4n) is 0.533. The van der Waals surface area contributed by atoms with Crippen LogP contribution in [0.4, 0.5) is 0 Å². The zero-order valence-electron chi connectivity index (χ0n) is 7.81. The van der Waals surface area contributed by atoms with E-state index >= 15 is 0 Å². The van der Waals surface area contributed by atoms with Gasteiger partial charge in [-0.15, -0.1) is 0 Å². The van der Waals surface area contributed by atoms with Crippen LogP contribution >= 0.6 is 0 Å². The maximum absolute atomic E-state index is 10.9. The van der Waals surface area contributed by atoms with Crippen molar-refractivity contribution >= 4 is 30.4 Å². The summed E-state index contributed by atoms with van der Waals surface area (Å²) in [7, 11) is -13.0. The summed E-state index contributed by atoms with van der Waals surface area (Å²) in [5.74, 6) is -2.99. The van der Waals surface area contributed by atoms with Gasteiger partial charge < -0.3 is 0 Å². The average molecular weight is 298 g/mol. The van der Waals surface area contributed by atoms with Crippen molar-refractivity contribution in [2.45, 2.75) is 0 Å². The zero-order valence-corrected chi connectivity index (χ0v) is 10.3. The van der Waals surface area contributed by atoms with E-state index in [4.69, 9.17) is 9.11 Å². The molecule has 0 fully saturated rings. The highest BCUT2D eigenvalue weighted by Gasteiger charge is 2.17. The molecule has 0 aromatic rings. The molecule has 16 heavy (non-hydrogen) atoms. The van der Waals surface area contributed by atoms with Crippen molar-refractivity contribution in [3.8, 4) is 0 Å². The van der Waals surface area contributed by atoms with E-state index in [2.05, 4.69) is 4.18 Å². The molecule has 9 nitrogen and oxygen atoms in total. The van der Waals surface area contributed by atoms with Gasteiger partial charge in [-0.1, -0.05) is 0 Å². The van der Waals surface area contributed by atoms with Crippen molar-refractivity contribution in [2.75, 3.05) is 23.9 Å². The molecule has 0 heterocycles. The lowest BCUT2D eigenvalue weighted by Crippen LogP contribution is -2.21. The predicted molar refractivity (Wildman–Crippen MR) is 52.6 cm³/mol. The number of hydrogen-bond donors (Lipinski definition) is 2. The van der Waals surface area contributed by atoms with E-state index in [1.54, 1.807) is 0 Å². The molecule has 98 valence electrons. The standard InChI is InChI=1S/C4H10O9S3/c5-14(6,7)2-1-13-16(11,12)4-3-15(8,9)10/h1-4H2,(H,5,6,7)(H,8,9,10). The van der Waals surface area contributed by atoms with Gasteiger partial charge in [0, 0.05) is 0 Å². The molecule has 0 unspecified atom stereocenters. The first-order valence-electron chi connectivity index (χ1n) is 3.69. The summed E-state index contributed by atoms with van der Waals surface area (Å²) in [6.45, 7) is -0.827. The Labute approximate surface area is 93.0 Å². The highest BCUT2D eigenvalue weighted by atomic mass is 32.2. The molecule has 0 saturated heterocycles. The zero-order chi connectivity index (χ0) is 13.0. The Morgan fingerprint density at radius 1 is 0.750 bits per heavy atom. The summed E-state index contributed by atoms with van der Waals surface area (Å²) < 4.78 is 83.1. The summed E-state index contributed by atoms with van der Waals surface area (Å²) in [5.41, 5.74) is 0. The Hall–Kier alpha value is -0.270. The highest BCUT2D eigenvalue weighted by molar-refractivity contribution is 7.90. The van der Waals surface area contributed by atoms with Crippen LogP contribution < -0.4 is 0 Å². The van der Waals surface area contributed by atoms with Gasteiger partial charge in [0.25, 0.3) is 30.4 Å². The lowest BCUT2D eigenvalue weighted by molar-refractivity contribution is 0.335. The molecular weight excluding hydrogens is 288 g/mol. The van der Waals surface area contributed by atoms with Crippen molar-refractivity contribution in [3.63, 3.8) is 0 Å². The molecule has 0 amide bonds. The van der Waals surface area contributed by atoms with Crippen molar-refractivity contribution in [1.82, 2.24) is 0 Å². The molecule has 0 saturated carbocycles. The van der Waals surface area contributed by atoms with Crippen LogP contribution in [0.2, 0.25) is 0 Å². The largest absolute Gasteiger partial charge is 0.286 e. The molecule has 0 spiro atoms.